The number of anilines is 1. The van der Waals surface area contributed by atoms with Crippen LogP contribution in [-0.2, 0) is 0 Å². The van der Waals surface area contributed by atoms with Crippen molar-refractivity contribution < 1.29 is 4.79 Å². The molecule has 28 heavy (non-hydrogen) atoms. The summed E-state index contributed by atoms with van der Waals surface area (Å²) in [7, 11) is 4.07. The van der Waals surface area contributed by atoms with Crippen LogP contribution in [0.2, 0.25) is 5.02 Å². The highest BCUT2D eigenvalue weighted by atomic mass is 35.5. The molecule has 0 saturated heterocycles. The van der Waals surface area contributed by atoms with Crippen LogP contribution in [0.1, 0.15) is 16.8 Å². The van der Waals surface area contributed by atoms with E-state index in [-0.39, 0.29) is 5.91 Å². The predicted molar refractivity (Wildman–Crippen MR) is 118 cm³/mol. The molecule has 0 aliphatic rings. The van der Waals surface area contributed by atoms with Crippen molar-refractivity contribution in [3.8, 4) is 0 Å². The van der Waals surface area contributed by atoms with Gasteiger partial charge in [-0.05, 0) is 51.3 Å². The number of nitrogens with one attached hydrogen (secondary N) is 1. The molecule has 4 aromatic rings. The molecule has 0 spiro atoms. The van der Waals surface area contributed by atoms with Gasteiger partial charge in [-0.1, -0.05) is 41.1 Å². The molecule has 0 aliphatic heterocycles. The summed E-state index contributed by atoms with van der Waals surface area (Å²) >= 11 is 7.62. The van der Waals surface area contributed by atoms with Crippen molar-refractivity contribution >= 4 is 55.1 Å². The molecule has 0 unspecified atom stereocenters. The highest BCUT2D eigenvalue weighted by Gasteiger charge is 2.23. The Morgan fingerprint density at radius 3 is 2.82 bits per heavy atom. The second kappa shape index (κ2) is 7.91. The van der Waals surface area contributed by atoms with E-state index >= 15 is 0 Å². The number of halogens is 1. The number of H-pyrrole nitrogens is 1. The summed E-state index contributed by atoms with van der Waals surface area (Å²) in [6.07, 6.45) is 2.65. The quantitative estimate of drug-likeness (QED) is 0.483. The third-order valence-electron chi connectivity index (χ3n) is 4.62. The number of benzene rings is 2. The van der Waals surface area contributed by atoms with Crippen LogP contribution in [-0.4, -0.2) is 48.0 Å². The summed E-state index contributed by atoms with van der Waals surface area (Å²) in [5, 5.41) is 2.30. The number of rotatable bonds is 6. The van der Waals surface area contributed by atoms with Crippen molar-refractivity contribution in [2.24, 2.45) is 0 Å². The number of hydrogen-bond donors (Lipinski definition) is 1. The maximum Gasteiger partial charge on any atom is 0.262 e. The van der Waals surface area contributed by atoms with Gasteiger partial charge in [0.15, 0.2) is 5.13 Å². The lowest BCUT2D eigenvalue weighted by atomic mass is 10.1. The highest BCUT2D eigenvalue weighted by Crippen LogP contribution is 2.32. The van der Waals surface area contributed by atoms with Crippen molar-refractivity contribution in [2.45, 2.75) is 6.42 Å². The van der Waals surface area contributed by atoms with Gasteiger partial charge >= 0.3 is 0 Å². The molecule has 1 N–H and O–H groups in total. The molecule has 1 amide bonds. The lowest BCUT2D eigenvalue weighted by Gasteiger charge is -2.20. The van der Waals surface area contributed by atoms with Crippen LogP contribution in [0.3, 0.4) is 0 Å². The van der Waals surface area contributed by atoms with Gasteiger partial charge in [-0.15, -0.1) is 0 Å². The summed E-state index contributed by atoms with van der Waals surface area (Å²) < 4.78 is 0.979. The summed E-state index contributed by atoms with van der Waals surface area (Å²) in [5.74, 6) is -0.0404. The van der Waals surface area contributed by atoms with Crippen LogP contribution < -0.4 is 4.90 Å². The molecule has 2 aromatic carbocycles. The average Bonchev–Trinajstić information content (AvgIpc) is 3.28. The Hall–Kier alpha value is -2.41. The average molecular weight is 413 g/mol. The lowest BCUT2D eigenvalue weighted by molar-refractivity contribution is 0.0987. The van der Waals surface area contributed by atoms with Crippen molar-refractivity contribution in [3.63, 3.8) is 0 Å². The van der Waals surface area contributed by atoms with Gasteiger partial charge in [-0.2, -0.15) is 0 Å². The fourth-order valence-electron chi connectivity index (χ4n) is 3.22. The second-order valence-electron chi connectivity index (χ2n) is 6.97. The zero-order valence-corrected chi connectivity index (χ0v) is 17.3. The Bertz CT molecular complexity index is 1130. The van der Waals surface area contributed by atoms with Gasteiger partial charge in [-0.25, -0.2) is 4.98 Å². The Balaban J connectivity index is 1.72. The third kappa shape index (κ3) is 3.76. The minimum absolute atomic E-state index is 0.0404. The number of nitrogens with zero attached hydrogens (tertiary/aromatic N) is 3. The fraction of sp³-hybridized carbons (Fsp3) is 0.238. The van der Waals surface area contributed by atoms with E-state index in [1.165, 1.54) is 11.3 Å². The first-order chi connectivity index (χ1) is 13.5. The van der Waals surface area contributed by atoms with E-state index in [2.05, 4.69) is 9.88 Å². The van der Waals surface area contributed by atoms with Gasteiger partial charge < -0.3 is 9.88 Å². The van der Waals surface area contributed by atoms with Gasteiger partial charge in [0.1, 0.15) is 0 Å². The first kappa shape index (κ1) is 18.9. The molecule has 2 heterocycles. The summed E-state index contributed by atoms with van der Waals surface area (Å²) in [6.45, 7) is 1.50. The van der Waals surface area contributed by atoms with Crippen LogP contribution in [0, 0.1) is 0 Å². The molecule has 0 atom stereocenters. The molecule has 7 heteroatoms. The SMILES string of the molecule is CN(C)CCCN(C(=O)c1c[nH]c2ccccc12)c1nc2ccc(Cl)cc2s1. The Kier molecular flexibility index (Phi) is 5.35. The van der Waals surface area contributed by atoms with E-state index in [1.807, 2.05) is 56.6 Å². The molecule has 2 aromatic heterocycles. The smallest absolute Gasteiger partial charge is 0.262 e. The van der Waals surface area contributed by atoms with Crippen LogP contribution in [0.5, 0.6) is 0 Å². The molecule has 0 fully saturated rings. The predicted octanol–water partition coefficient (Wildman–Crippen LogP) is 5.03. The molecule has 0 saturated carbocycles. The molecular weight excluding hydrogens is 392 g/mol. The molecule has 0 radical (unpaired) electrons. The topological polar surface area (TPSA) is 52.2 Å². The number of carbonyl (C=O) groups excluding carboxylic acids is 1. The number of thiazole rings is 1. The summed E-state index contributed by atoms with van der Waals surface area (Å²) in [5.41, 5.74) is 2.47. The van der Waals surface area contributed by atoms with Crippen molar-refractivity contribution in [2.75, 3.05) is 32.1 Å². The van der Waals surface area contributed by atoms with Gasteiger partial charge in [0.2, 0.25) is 0 Å². The standard InChI is InChI=1S/C21H21ClN4OS/c1-25(2)10-5-11-26(21-24-18-9-8-14(22)12-19(18)28-21)20(27)16-13-23-17-7-4-3-6-15(16)17/h3-4,6-9,12-13,23H,5,10-11H2,1-2H3. The lowest BCUT2D eigenvalue weighted by Crippen LogP contribution is -2.33. The Morgan fingerprint density at radius 1 is 1.18 bits per heavy atom. The van der Waals surface area contributed by atoms with Gasteiger partial charge in [-0.3, -0.25) is 9.69 Å². The molecule has 0 aliphatic carbocycles. The zero-order chi connectivity index (χ0) is 19.7. The first-order valence-corrected chi connectivity index (χ1v) is 10.3. The zero-order valence-electron chi connectivity index (χ0n) is 15.8. The highest BCUT2D eigenvalue weighted by molar-refractivity contribution is 7.22. The van der Waals surface area contributed by atoms with Gasteiger partial charge in [0, 0.05) is 28.7 Å². The first-order valence-electron chi connectivity index (χ1n) is 9.12. The number of hydrogen-bond acceptors (Lipinski definition) is 4. The molecule has 144 valence electrons. The van der Waals surface area contributed by atoms with Crippen LogP contribution in [0.25, 0.3) is 21.1 Å². The van der Waals surface area contributed by atoms with Crippen molar-refractivity contribution in [3.05, 3.63) is 59.2 Å². The van der Waals surface area contributed by atoms with E-state index in [0.29, 0.717) is 22.3 Å². The number of para-hydroxylation sites is 1. The Morgan fingerprint density at radius 2 is 2.00 bits per heavy atom. The second-order valence-corrected chi connectivity index (χ2v) is 8.42. The number of aromatic nitrogens is 2. The van der Waals surface area contributed by atoms with Crippen LogP contribution in [0.15, 0.2) is 48.7 Å². The van der Waals surface area contributed by atoms with Crippen molar-refractivity contribution in [1.29, 1.82) is 0 Å². The maximum absolute atomic E-state index is 13.5. The number of amides is 1. The normalized spacial score (nSPS) is 11.6. The minimum atomic E-state index is -0.0404. The maximum atomic E-state index is 13.5. The van der Waals surface area contributed by atoms with E-state index < -0.39 is 0 Å². The largest absolute Gasteiger partial charge is 0.360 e. The summed E-state index contributed by atoms with van der Waals surface area (Å²) in [6, 6.07) is 13.5. The van der Waals surface area contributed by atoms with E-state index in [4.69, 9.17) is 16.6 Å². The number of carbonyl (C=O) groups is 1. The molecule has 5 nitrogen and oxygen atoms in total. The van der Waals surface area contributed by atoms with Crippen molar-refractivity contribution in [1.82, 2.24) is 14.9 Å². The number of aromatic amines is 1. The number of fused-ring (bicyclic) bond motifs is 2. The fourth-order valence-corrected chi connectivity index (χ4v) is 4.49. The van der Waals surface area contributed by atoms with Crippen LogP contribution >= 0.6 is 22.9 Å². The Labute approximate surface area is 172 Å². The minimum Gasteiger partial charge on any atom is -0.360 e. The molecule has 4 rings (SSSR count). The third-order valence-corrected chi connectivity index (χ3v) is 5.90. The molecular formula is C21H21ClN4OS. The van der Waals surface area contributed by atoms with Crippen LogP contribution in [0.4, 0.5) is 5.13 Å². The summed E-state index contributed by atoms with van der Waals surface area (Å²) in [4.78, 5) is 25.3. The van der Waals surface area contributed by atoms with E-state index in [1.54, 1.807) is 11.1 Å². The van der Waals surface area contributed by atoms with E-state index in [0.717, 1.165) is 34.1 Å². The van der Waals surface area contributed by atoms with Gasteiger partial charge in [0.25, 0.3) is 5.91 Å². The van der Waals surface area contributed by atoms with E-state index in [9.17, 15) is 4.79 Å². The molecule has 0 bridgehead atoms. The van der Waals surface area contributed by atoms with Gasteiger partial charge in [0.05, 0.1) is 15.8 Å². The monoisotopic (exact) mass is 412 g/mol.